The molecule has 242 valence electrons. The molecule has 44 heavy (non-hydrogen) atoms. The van der Waals surface area contributed by atoms with E-state index < -0.39 is 21.2 Å². The third-order valence-electron chi connectivity index (χ3n) is 7.21. The molecule has 1 N–H and O–H groups in total. The molecule has 0 aliphatic carbocycles. The molecule has 0 unspecified atom stereocenters. The van der Waals surface area contributed by atoms with Gasteiger partial charge < -0.3 is 15.0 Å². The highest BCUT2D eigenvalue weighted by Gasteiger charge is 2.24. The monoisotopic (exact) mass is 676 g/mol. The molecule has 0 saturated carbocycles. The molecule has 2 aromatic carbocycles. The zero-order valence-corrected chi connectivity index (χ0v) is 27.9. The number of nitrogens with one attached hydrogen (secondary N) is 1. The van der Waals surface area contributed by atoms with Crippen LogP contribution >= 0.6 is 15.9 Å². The molecule has 0 bridgehead atoms. The first-order valence-electron chi connectivity index (χ1n) is 15.4. The average molecular weight is 678 g/mol. The summed E-state index contributed by atoms with van der Waals surface area (Å²) in [4.78, 5) is 35.9. The maximum Gasteiger partial charge on any atom is 0.304 e. The number of carbonyl (C=O) groups is 1. The van der Waals surface area contributed by atoms with Crippen molar-refractivity contribution < 1.29 is 19.4 Å². The Morgan fingerprint density at radius 3 is 1.93 bits per heavy atom. The van der Waals surface area contributed by atoms with Crippen molar-refractivity contribution in [3.63, 3.8) is 0 Å². The van der Waals surface area contributed by atoms with Crippen LogP contribution in [0, 0.1) is 20.2 Å². The molecule has 0 aliphatic rings. The highest BCUT2D eigenvalue weighted by atomic mass is 79.9. The SMILES string of the molecule is CCCCCCCCN(CCCCCCCC)c1cc(NC(C)=O)c(N=Nc2c(Br)cc([N+](=O)[O-])cc2[N+](=O)[O-])cc1OC. The number of hydrogen-bond acceptors (Lipinski definition) is 9. The molecule has 1 amide bonds. The molecule has 0 radical (unpaired) electrons. The quantitative estimate of drug-likeness (QED) is 0.0597. The van der Waals surface area contributed by atoms with Crippen molar-refractivity contribution in [2.75, 3.05) is 30.4 Å². The van der Waals surface area contributed by atoms with Gasteiger partial charge in [-0.05, 0) is 34.8 Å². The van der Waals surface area contributed by atoms with Crippen molar-refractivity contribution in [3.8, 4) is 5.75 Å². The Bertz CT molecular complexity index is 1270. The number of carbonyl (C=O) groups excluding carboxylic acids is 1. The van der Waals surface area contributed by atoms with E-state index in [1.807, 2.05) is 6.07 Å². The maximum atomic E-state index is 12.2. The molecule has 12 nitrogen and oxygen atoms in total. The number of benzene rings is 2. The minimum atomic E-state index is -0.757. The number of hydrogen-bond donors (Lipinski definition) is 1. The van der Waals surface area contributed by atoms with Crippen LogP contribution in [0.2, 0.25) is 0 Å². The fourth-order valence-electron chi connectivity index (χ4n) is 4.88. The number of nitro groups is 2. The van der Waals surface area contributed by atoms with Crippen molar-refractivity contribution >= 4 is 56.0 Å². The normalized spacial score (nSPS) is 11.1. The third kappa shape index (κ3) is 11.8. The van der Waals surface area contributed by atoms with Crippen LogP contribution in [0.1, 0.15) is 97.8 Å². The van der Waals surface area contributed by atoms with Gasteiger partial charge in [-0.25, -0.2) is 0 Å². The predicted octanol–water partition coefficient (Wildman–Crippen LogP) is 10.2. The molecule has 0 aromatic heterocycles. The molecule has 0 heterocycles. The van der Waals surface area contributed by atoms with Gasteiger partial charge in [-0.2, -0.15) is 0 Å². The highest BCUT2D eigenvalue weighted by Crippen LogP contribution is 2.43. The van der Waals surface area contributed by atoms with Gasteiger partial charge >= 0.3 is 5.69 Å². The average Bonchev–Trinajstić information content (AvgIpc) is 2.98. The zero-order valence-electron chi connectivity index (χ0n) is 26.3. The Labute approximate surface area is 268 Å². The van der Waals surface area contributed by atoms with E-state index >= 15 is 0 Å². The first kappa shape index (κ1) is 36.6. The summed E-state index contributed by atoms with van der Waals surface area (Å²) >= 11 is 3.15. The first-order chi connectivity index (χ1) is 21.1. The summed E-state index contributed by atoms with van der Waals surface area (Å²) in [5, 5.41) is 34.0. The summed E-state index contributed by atoms with van der Waals surface area (Å²) in [6.07, 6.45) is 14.0. The van der Waals surface area contributed by atoms with Crippen molar-refractivity contribution in [1.82, 2.24) is 0 Å². The lowest BCUT2D eigenvalue weighted by Crippen LogP contribution is -2.26. The maximum absolute atomic E-state index is 12.2. The minimum Gasteiger partial charge on any atom is -0.494 e. The Morgan fingerprint density at radius 1 is 0.864 bits per heavy atom. The van der Waals surface area contributed by atoms with Crippen LogP contribution in [-0.4, -0.2) is 36.0 Å². The molecule has 0 saturated heterocycles. The van der Waals surface area contributed by atoms with E-state index in [9.17, 15) is 25.0 Å². The van der Waals surface area contributed by atoms with Crippen molar-refractivity contribution in [2.45, 2.75) is 97.8 Å². The molecular weight excluding hydrogens is 632 g/mol. The fraction of sp³-hybridized carbons (Fsp3) is 0.581. The standard InChI is InChI=1S/C31H45BrN6O6/c1-5-7-9-11-13-15-17-36(18-16-14-12-10-8-6-2)28-21-26(33-23(3)39)27(22-30(28)44-4)34-35-31-25(32)19-24(37(40)41)20-29(31)38(42)43/h19-22H,5-18H2,1-4H3,(H,33,39). The van der Waals surface area contributed by atoms with Gasteiger partial charge in [0.15, 0.2) is 5.69 Å². The van der Waals surface area contributed by atoms with E-state index in [2.05, 4.69) is 50.2 Å². The second kappa shape index (κ2) is 19.6. The molecule has 0 fully saturated rings. The van der Waals surface area contributed by atoms with Crippen LogP contribution in [0.3, 0.4) is 0 Å². The van der Waals surface area contributed by atoms with E-state index in [1.165, 1.54) is 58.3 Å². The van der Waals surface area contributed by atoms with Gasteiger partial charge in [-0.3, -0.25) is 25.0 Å². The number of unbranched alkanes of at least 4 members (excludes halogenated alkanes) is 10. The number of nitrogens with zero attached hydrogens (tertiary/aromatic N) is 5. The summed E-state index contributed by atoms with van der Waals surface area (Å²) < 4.78 is 5.81. The summed E-state index contributed by atoms with van der Waals surface area (Å²) in [6.45, 7) is 7.46. The number of nitro benzene ring substituents is 2. The number of ether oxygens (including phenoxy) is 1. The Balaban J connectivity index is 2.47. The van der Waals surface area contributed by atoms with Crippen molar-refractivity contribution in [2.24, 2.45) is 10.2 Å². The van der Waals surface area contributed by atoms with Crippen LogP contribution in [0.25, 0.3) is 0 Å². The second-order valence-electron chi connectivity index (χ2n) is 10.8. The van der Waals surface area contributed by atoms with Gasteiger partial charge in [-0.15, -0.1) is 10.2 Å². The number of halogens is 1. The number of azo groups is 1. The number of rotatable bonds is 21. The Morgan fingerprint density at radius 2 is 1.43 bits per heavy atom. The molecule has 0 aliphatic heterocycles. The molecular formula is C31H45BrN6O6. The van der Waals surface area contributed by atoms with E-state index in [4.69, 9.17) is 4.74 Å². The summed E-state index contributed by atoms with van der Waals surface area (Å²) in [5.41, 5.74) is 0.185. The largest absolute Gasteiger partial charge is 0.494 e. The molecule has 2 aromatic rings. The third-order valence-corrected chi connectivity index (χ3v) is 7.81. The van der Waals surface area contributed by atoms with Gasteiger partial charge in [0.05, 0.1) is 38.9 Å². The fourth-order valence-corrected chi connectivity index (χ4v) is 5.39. The van der Waals surface area contributed by atoms with Crippen LogP contribution in [0.15, 0.2) is 39.0 Å². The lowest BCUT2D eigenvalue weighted by atomic mass is 10.1. The van der Waals surface area contributed by atoms with Gasteiger partial charge in [0.1, 0.15) is 11.4 Å². The van der Waals surface area contributed by atoms with Crippen LogP contribution < -0.4 is 15.0 Å². The first-order valence-corrected chi connectivity index (χ1v) is 16.2. The predicted molar refractivity (Wildman–Crippen MR) is 178 cm³/mol. The van der Waals surface area contributed by atoms with E-state index in [1.54, 1.807) is 13.2 Å². The highest BCUT2D eigenvalue weighted by molar-refractivity contribution is 9.10. The minimum absolute atomic E-state index is 0.0378. The van der Waals surface area contributed by atoms with Crippen LogP contribution in [0.4, 0.5) is 34.1 Å². The topological polar surface area (TPSA) is 153 Å². The zero-order chi connectivity index (χ0) is 32.5. The summed E-state index contributed by atoms with van der Waals surface area (Å²) in [7, 11) is 1.56. The molecule has 0 atom stereocenters. The Hall–Kier alpha value is -3.61. The lowest BCUT2D eigenvalue weighted by Gasteiger charge is -2.28. The van der Waals surface area contributed by atoms with E-state index in [0.29, 0.717) is 11.4 Å². The second-order valence-corrected chi connectivity index (χ2v) is 11.6. The summed E-state index contributed by atoms with van der Waals surface area (Å²) in [5.74, 6) is 0.209. The van der Waals surface area contributed by atoms with E-state index in [-0.39, 0.29) is 21.8 Å². The van der Waals surface area contributed by atoms with Gasteiger partial charge in [0, 0.05) is 32.1 Å². The molecule has 0 spiro atoms. The van der Waals surface area contributed by atoms with Gasteiger partial charge in [0.2, 0.25) is 5.91 Å². The molecule has 13 heteroatoms. The smallest absolute Gasteiger partial charge is 0.304 e. The van der Waals surface area contributed by atoms with Gasteiger partial charge in [0.25, 0.3) is 5.69 Å². The number of non-ortho nitro benzene ring substituents is 1. The summed E-state index contributed by atoms with van der Waals surface area (Å²) in [6, 6.07) is 5.41. The number of anilines is 2. The van der Waals surface area contributed by atoms with Crippen LogP contribution in [-0.2, 0) is 4.79 Å². The lowest BCUT2D eigenvalue weighted by molar-refractivity contribution is -0.393. The van der Waals surface area contributed by atoms with Crippen molar-refractivity contribution in [3.05, 3.63) is 49.0 Å². The number of amides is 1. The van der Waals surface area contributed by atoms with Gasteiger partial charge in [-0.1, -0.05) is 78.1 Å². The van der Waals surface area contributed by atoms with Crippen molar-refractivity contribution in [1.29, 1.82) is 0 Å². The molecule has 2 rings (SSSR count). The van der Waals surface area contributed by atoms with Crippen LogP contribution in [0.5, 0.6) is 5.75 Å². The Kier molecular flexibility index (Phi) is 16.3. The number of methoxy groups -OCH3 is 1. The van der Waals surface area contributed by atoms with E-state index in [0.717, 1.165) is 56.6 Å².